The summed E-state index contributed by atoms with van der Waals surface area (Å²) in [5.74, 6) is 2.71. The van der Waals surface area contributed by atoms with Crippen LogP contribution in [0.4, 0.5) is 22.7 Å². The summed E-state index contributed by atoms with van der Waals surface area (Å²) in [6, 6.07) is 24.9. The zero-order chi connectivity index (χ0) is 35.3. The number of benzene rings is 4. The molecule has 4 aliphatic carbocycles. The summed E-state index contributed by atoms with van der Waals surface area (Å²) in [4.78, 5) is 45.2. The lowest BCUT2D eigenvalue weighted by Crippen LogP contribution is -2.21. The van der Waals surface area contributed by atoms with E-state index in [9.17, 15) is 19.2 Å². The van der Waals surface area contributed by atoms with Crippen LogP contribution >= 0.6 is 0 Å². The predicted octanol–water partition coefficient (Wildman–Crippen LogP) is 8.23. The highest BCUT2D eigenvalue weighted by atomic mass is 16.2. The van der Waals surface area contributed by atoms with E-state index in [-0.39, 0.29) is 23.6 Å². The van der Waals surface area contributed by atoms with Gasteiger partial charge in [-0.15, -0.1) is 0 Å². The molecule has 0 saturated heterocycles. The monoisotopic (exact) mass is 692 g/mol. The van der Waals surface area contributed by atoms with Crippen LogP contribution in [0, 0.1) is 0 Å². The maximum absolute atomic E-state index is 11.3. The zero-order valence-electron chi connectivity index (χ0n) is 29.4. The van der Waals surface area contributed by atoms with Gasteiger partial charge in [0.2, 0.25) is 23.6 Å². The zero-order valence-corrected chi connectivity index (χ0v) is 29.4. The van der Waals surface area contributed by atoms with Crippen LogP contribution in [-0.2, 0) is 44.9 Å². The molecule has 264 valence electrons. The molecule has 0 unspecified atom stereocenters. The van der Waals surface area contributed by atoms with E-state index in [4.69, 9.17) is 0 Å². The summed E-state index contributed by atoms with van der Waals surface area (Å²) < 4.78 is 0. The van der Waals surface area contributed by atoms with Gasteiger partial charge >= 0.3 is 0 Å². The first-order chi connectivity index (χ1) is 25.4. The maximum Gasteiger partial charge on any atom is 0.224 e. The molecule has 4 amide bonds. The average Bonchev–Trinajstić information content (AvgIpc) is 3.94. The van der Waals surface area contributed by atoms with Gasteiger partial charge in [0.05, 0.1) is 0 Å². The van der Waals surface area contributed by atoms with Gasteiger partial charge < -0.3 is 21.3 Å². The Morgan fingerprint density at radius 3 is 0.808 bits per heavy atom. The van der Waals surface area contributed by atoms with E-state index < -0.39 is 0 Å². The summed E-state index contributed by atoms with van der Waals surface area (Å²) in [6.45, 7) is 0. The van der Waals surface area contributed by atoms with Gasteiger partial charge in [-0.05, 0) is 144 Å². The molecular weight excluding hydrogens is 649 g/mol. The second kappa shape index (κ2) is 13.4. The first-order valence-corrected chi connectivity index (χ1v) is 19.0. The fourth-order valence-electron chi connectivity index (χ4n) is 10.1. The van der Waals surface area contributed by atoms with Gasteiger partial charge in [-0.25, -0.2) is 0 Å². The van der Waals surface area contributed by atoms with Crippen LogP contribution in [0.3, 0.4) is 0 Å². The Labute approximate surface area is 304 Å². The van der Waals surface area contributed by atoms with Crippen molar-refractivity contribution in [1.29, 1.82) is 0 Å². The number of nitrogens with one attached hydrogen (secondary N) is 4. The Hall–Kier alpha value is -5.24. The van der Waals surface area contributed by atoms with Crippen LogP contribution < -0.4 is 21.3 Å². The van der Waals surface area contributed by atoms with Crippen molar-refractivity contribution < 1.29 is 19.2 Å². The molecule has 0 bridgehead atoms. The van der Waals surface area contributed by atoms with E-state index in [1.165, 1.54) is 44.5 Å². The minimum atomic E-state index is 0.177. The standard InChI is InChI=1S/4C11H11NO/c4*13-10-6-8-5-4-7-2-1-3-9(12-10)11(7)8/h4*1-3,8H,4-6H2,(H,12,13)/t4*8-/m1100/s1. The third-order valence-corrected chi connectivity index (χ3v) is 12.3. The highest BCUT2D eigenvalue weighted by Crippen LogP contribution is 2.45. The molecule has 4 heterocycles. The third-order valence-electron chi connectivity index (χ3n) is 12.3. The van der Waals surface area contributed by atoms with E-state index in [1.54, 1.807) is 0 Å². The second-order valence-corrected chi connectivity index (χ2v) is 15.5. The number of hydrogen-bond acceptors (Lipinski definition) is 4. The molecule has 0 radical (unpaired) electrons. The minimum absolute atomic E-state index is 0.177. The van der Waals surface area contributed by atoms with Crippen LogP contribution in [0.15, 0.2) is 72.8 Å². The average molecular weight is 693 g/mol. The number of carbonyl (C=O) groups excluding carboxylic acids is 4. The highest BCUT2D eigenvalue weighted by Gasteiger charge is 2.34. The summed E-state index contributed by atoms with van der Waals surface area (Å²) in [5, 5.41) is 11.7. The van der Waals surface area contributed by atoms with Crippen LogP contribution in [0.5, 0.6) is 0 Å². The quantitative estimate of drug-likeness (QED) is 0.149. The van der Waals surface area contributed by atoms with Crippen molar-refractivity contribution in [3.63, 3.8) is 0 Å². The molecule has 0 spiro atoms. The van der Waals surface area contributed by atoms with Gasteiger partial charge in [0.25, 0.3) is 0 Å². The van der Waals surface area contributed by atoms with E-state index in [0.717, 1.165) is 74.1 Å². The first kappa shape index (κ1) is 32.7. The van der Waals surface area contributed by atoms with Crippen molar-refractivity contribution in [3.8, 4) is 0 Å². The summed E-state index contributed by atoms with van der Waals surface area (Å²) in [7, 11) is 0. The molecule has 52 heavy (non-hydrogen) atoms. The fraction of sp³-hybridized carbons (Fsp3) is 0.364. The van der Waals surface area contributed by atoms with E-state index >= 15 is 0 Å². The maximum atomic E-state index is 11.3. The molecule has 8 heteroatoms. The van der Waals surface area contributed by atoms with Crippen molar-refractivity contribution in [3.05, 3.63) is 117 Å². The predicted molar refractivity (Wildman–Crippen MR) is 203 cm³/mol. The van der Waals surface area contributed by atoms with Crippen LogP contribution in [0.1, 0.15) is 120 Å². The summed E-state index contributed by atoms with van der Waals surface area (Å²) >= 11 is 0. The van der Waals surface area contributed by atoms with Crippen molar-refractivity contribution in [2.24, 2.45) is 0 Å². The number of hydrogen-bond donors (Lipinski definition) is 4. The van der Waals surface area contributed by atoms with Crippen molar-refractivity contribution in [2.45, 2.75) is 101 Å². The van der Waals surface area contributed by atoms with Gasteiger partial charge in [-0.3, -0.25) is 19.2 Å². The smallest absolute Gasteiger partial charge is 0.224 e. The first-order valence-electron chi connectivity index (χ1n) is 19.0. The normalized spacial score (nSPS) is 24.0. The van der Waals surface area contributed by atoms with Crippen molar-refractivity contribution in [1.82, 2.24) is 0 Å². The Morgan fingerprint density at radius 2 is 0.577 bits per heavy atom. The number of aryl methyl sites for hydroxylation is 4. The molecule has 8 nitrogen and oxygen atoms in total. The summed E-state index contributed by atoms with van der Waals surface area (Å²) in [5.41, 5.74) is 15.6. The van der Waals surface area contributed by atoms with E-state index in [1.807, 2.05) is 48.5 Å². The molecule has 0 aromatic heterocycles. The van der Waals surface area contributed by atoms with Crippen LogP contribution in [0.25, 0.3) is 0 Å². The summed E-state index contributed by atoms with van der Waals surface area (Å²) in [6.07, 6.45) is 11.9. The molecule has 12 rings (SSSR count). The lowest BCUT2D eigenvalue weighted by Gasteiger charge is -2.21. The van der Waals surface area contributed by atoms with Crippen molar-refractivity contribution >= 4 is 46.4 Å². The number of amides is 4. The van der Waals surface area contributed by atoms with Crippen LogP contribution in [0.2, 0.25) is 0 Å². The molecule has 4 aromatic carbocycles. The van der Waals surface area contributed by atoms with E-state index in [0.29, 0.717) is 49.4 Å². The molecule has 4 atom stereocenters. The molecule has 0 fully saturated rings. The van der Waals surface area contributed by atoms with Crippen molar-refractivity contribution in [2.75, 3.05) is 21.3 Å². The van der Waals surface area contributed by atoms with Gasteiger partial charge in [-0.2, -0.15) is 0 Å². The van der Waals surface area contributed by atoms with Gasteiger partial charge in [0.15, 0.2) is 0 Å². The number of anilines is 4. The Kier molecular flexibility index (Phi) is 8.41. The Morgan fingerprint density at radius 1 is 0.346 bits per heavy atom. The molecule has 0 saturated carbocycles. The van der Waals surface area contributed by atoms with Gasteiger partial charge in [0, 0.05) is 48.4 Å². The topological polar surface area (TPSA) is 116 Å². The molecular formula is C44H44N4O4. The van der Waals surface area contributed by atoms with Crippen LogP contribution in [-0.4, -0.2) is 23.6 Å². The second-order valence-electron chi connectivity index (χ2n) is 15.5. The Bertz CT molecular complexity index is 1840. The SMILES string of the molecule is O=C1C[C@@H]2CCc3cccc(c32)N1.O=C1C[C@@H]2CCc3cccc(c32)N1.O=C1C[C@H]2CCc3cccc(c32)N1.O=C1C[C@H]2CCc3cccc(c32)N1. The number of rotatable bonds is 0. The van der Waals surface area contributed by atoms with Gasteiger partial charge in [-0.1, -0.05) is 48.5 Å². The third kappa shape index (κ3) is 6.08. The lowest BCUT2D eigenvalue weighted by atomic mass is 9.92. The lowest BCUT2D eigenvalue weighted by molar-refractivity contribution is -0.117. The number of carbonyl (C=O) groups is 4. The molecule has 8 aliphatic rings. The van der Waals surface area contributed by atoms with Gasteiger partial charge in [0.1, 0.15) is 0 Å². The molecule has 4 aliphatic heterocycles. The van der Waals surface area contributed by atoms with E-state index in [2.05, 4.69) is 45.5 Å². The fourth-order valence-corrected chi connectivity index (χ4v) is 10.1. The Balaban J connectivity index is 0.0000000923. The largest absolute Gasteiger partial charge is 0.326 e. The molecule has 4 N–H and O–H groups in total. The molecule has 4 aromatic rings. The highest BCUT2D eigenvalue weighted by molar-refractivity contribution is 5.97. The minimum Gasteiger partial charge on any atom is -0.326 e.